The molecule has 0 radical (unpaired) electrons. The summed E-state index contributed by atoms with van der Waals surface area (Å²) in [6.45, 7) is 13.0. The van der Waals surface area contributed by atoms with Crippen molar-refractivity contribution in [3.05, 3.63) is 0 Å². The van der Waals surface area contributed by atoms with Crippen LogP contribution >= 0.6 is 0 Å². The van der Waals surface area contributed by atoms with Crippen molar-refractivity contribution < 1.29 is 0 Å². The summed E-state index contributed by atoms with van der Waals surface area (Å²) >= 11 is 0. The van der Waals surface area contributed by atoms with Gasteiger partial charge in [-0.3, -0.25) is 9.98 Å². The summed E-state index contributed by atoms with van der Waals surface area (Å²) < 4.78 is 0. The Morgan fingerprint density at radius 2 is 1.00 bits per heavy atom. The molecule has 3 heteroatoms. The summed E-state index contributed by atoms with van der Waals surface area (Å²) in [7, 11) is 0. The van der Waals surface area contributed by atoms with E-state index in [-0.39, 0.29) is 0 Å². The van der Waals surface area contributed by atoms with Crippen molar-refractivity contribution >= 4 is 11.4 Å². The van der Waals surface area contributed by atoms with Crippen molar-refractivity contribution in [1.29, 1.82) is 0 Å². The maximum atomic E-state index is 4.54. The van der Waals surface area contributed by atoms with Gasteiger partial charge in [-0.1, -0.05) is 39.5 Å². The van der Waals surface area contributed by atoms with Crippen LogP contribution in [0.5, 0.6) is 0 Å². The van der Waals surface area contributed by atoms with E-state index in [4.69, 9.17) is 0 Å². The third-order valence-corrected chi connectivity index (χ3v) is 4.31. The minimum atomic E-state index is 1.02. The van der Waals surface area contributed by atoms with Gasteiger partial charge >= 0.3 is 0 Å². The quantitative estimate of drug-likeness (QED) is 0.298. The zero-order valence-electron chi connectivity index (χ0n) is 16.3. The smallest absolute Gasteiger partial charge is 0.0388 e. The van der Waals surface area contributed by atoms with Crippen molar-refractivity contribution in [3.8, 4) is 0 Å². The second kappa shape index (κ2) is 17.7. The fraction of sp³-hybridized carbons (Fsp3) is 0.900. The SMILES string of the molecule is CCC(C)=NCCCCCCNCCCCCCN=C(C)CC. The average Bonchev–Trinajstić information content (AvgIpc) is 2.57. The molecule has 23 heavy (non-hydrogen) atoms. The van der Waals surface area contributed by atoms with Crippen molar-refractivity contribution in [2.75, 3.05) is 26.2 Å². The van der Waals surface area contributed by atoms with E-state index in [1.54, 1.807) is 0 Å². The monoisotopic (exact) mass is 323 g/mol. The molecule has 0 aromatic rings. The number of aliphatic imine (C=N–C) groups is 2. The molecule has 0 saturated heterocycles. The van der Waals surface area contributed by atoms with Gasteiger partial charge in [-0.05, 0) is 65.5 Å². The molecule has 0 aliphatic carbocycles. The molecule has 0 atom stereocenters. The van der Waals surface area contributed by atoms with Crippen molar-refractivity contribution in [3.63, 3.8) is 0 Å². The summed E-state index contributed by atoms with van der Waals surface area (Å²) in [6, 6.07) is 0. The lowest BCUT2D eigenvalue weighted by Gasteiger charge is -2.05. The van der Waals surface area contributed by atoms with Gasteiger partial charge in [0.1, 0.15) is 0 Å². The fourth-order valence-corrected chi connectivity index (χ4v) is 2.32. The summed E-state index contributed by atoms with van der Waals surface area (Å²) in [5.41, 5.74) is 2.58. The molecular formula is C20H41N3. The van der Waals surface area contributed by atoms with Gasteiger partial charge < -0.3 is 5.32 Å². The Kier molecular flexibility index (Phi) is 17.1. The Labute approximate surface area is 145 Å². The molecule has 0 spiro atoms. The van der Waals surface area contributed by atoms with E-state index < -0.39 is 0 Å². The predicted molar refractivity (Wildman–Crippen MR) is 106 cm³/mol. The van der Waals surface area contributed by atoms with Gasteiger partial charge in [0.2, 0.25) is 0 Å². The lowest BCUT2D eigenvalue weighted by atomic mass is 10.1. The second-order valence-corrected chi connectivity index (χ2v) is 6.52. The molecule has 0 amide bonds. The van der Waals surface area contributed by atoms with E-state index in [9.17, 15) is 0 Å². The molecule has 136 valence electrons. The number of nitrogens with one attached hydrogen (secondary N) is 1. The predicted octanol–water partition coefficient (Wildman–Crippen LogP) is 5.44. The first-order valence-electron chi connectivity index (χ1n) is 9.91. The molecular weight excluding hydrogens is 282 g/mol. The van der Waals surface area contributed by atoms with Crippen LogP contribution in [0.4, 0.5) is 0 Å². The van der Waals surface area contributed by atoms with Crippen LogP contribution in [0.25, 0.3) is 0 Å². The van der Waals surface area contributed by atoms with Gasteiger partial charge in [-0.15, -0.1) is 0 Å². The van der Waals surface area contributed by atoms with Gasteiger partial charge in [0.05, 0.1) is 0 Å². The fourth-order valence-electron chi connectivity index (χ4n) is 2.32. The molecule has 0 aliphatic rings. The van der Waals surface area contributed by atoms with Crippen LogP contribution in [0, 0.1) is 0 Å². The van der Waals surface area contributed by atoms with Crippen LogP contribution in [0.2, 0.25) is 0 Å². The number of unbranched alkanes of at least 4 members (excludes halogenated alkanes) is 6. The molecule has 0 fully saturated rings. The van der Waals surface area contributed by atoms with E-state index in [1.165, 1.54) is 75.9 Å². The van der Waals surface area contributed by atoms with Gasteiger partial charge in [-0.2, -0.15) is 0 Å². The maximum Gasteiger partial charge on any atom is 0.0388 e. The number of hydrogen-bond donors (Lipinski definition) is 1. The van der Waals surface area contributed by atoms with E-state index >= 15 is 0 Å². The summed E-state index contributed by atoms with van der Waals surface area (Å²) in [4.78, 5) is 9.08. The van der Waals surface area contributed by atoms with Crippen LogP contribution in [0.3, 0.4) is 0 Å². The van der Waals surface area contributed by atoms with Crippen LogP contribution in [0.15, 0.2) is 9.98 Å². The molecule has 1 N–H and O–H groups in total. The second-order valence-electron chi connectivity index (χ2n) is 6.52. The molecule has 0 heterocycles. The van der Waals surface area contributed by atoms with E-state index in [0.717, 1.165) is 25.9 Å². The average molecular weight is 324 g/mol. The van der Waals surface area contributed by atoms with Crippen LogP contribution in [0.1, 0.15) is 91.9 Å². The molecule has 0 saturated carbocycles. The normalized spacial score (nSPS) is 12.9. The van der Waals surface area contributed by atoms with Crippen molar-refractivity contribution in [1.82, 2.24) is 5.32 Å². The third kappa shape index (κ3) is 17.5. The topological polar surface area (TPSA) is 36.8 Å². The largest absolute Gasteiger partial charge is 0.317 e. The Morgan fingerprint density at radius 3 is 1.39 bits per heavy atom. The van der Waals surface area contributed by atoms with Gasteiger partial charge in [0.25, 0.3) is 0 Å². The highest BCUT2D eigenvalue weighted by atomic mass is 14.8. The Hall–Kier alpha value is -0.700. The number of hydrogen-bond acceptors (Lipinski definition) is 3. The molecule has 3 nitrogen and oxygen atoms in total. The number of nitrogens with zero attached hydrogens (tertiary/aromatic N) is 2. The number of rotatable bonds is 16. The highest BCUT2D eigenvalue weighted by molar-refractivity contribution is 5.81. The minimum absolute atomic E-state index is 1.02. The Balaban J connectivity index is 3.14. The minimum Gasteiger partial charge on any atom is -0.317 e. The third-order valence-electron chi connectivity index (χ3n) is 4.31. The molecule has 0 bridgehead atoms. The van der Waals surface area contributed by atoms with E-state index in [0.29, 0.717) is 0 Å². The van der Waals surface area contributed by atoms with Gasteiger partial charge in [0, 0.05) is 24.5 Å². The van der Waals surface area contributed by atoms with E-state index in [1.807, 2.05) is 0 Å². The maximum absolute atomic E-state index is 4.54. The Morgan fingerprint density at radius 1 is 0.609 bits per heavy atom. The van der Waals surface area contributed by atoms with Crippen LogP contribution in [-0.2, 0) is 0 Å². The van der Waals surface area contributed by atoms with E-state index in [2.05, 4.69) is 43.0 Å². The zero-order chi connectivity index (χ0) is 17.2. The van der Waals surface area contributed by atoms with Gasteiger partial charge in [-0.25, -0.2) is 0 Å². The first kappa shape index (κ1) is 22.3. The standard InChI is InChI=1S/C20H41N3/c1-5-19(3)22-17-13-9-7-11-15-21-16-12-8-10-14-18-23-20(4)6-2/h21H,5-18H2,1-4H3. The first-order valence-corrected chi connectivity index (χ1v) is 9.91. The molecule has 0 unspecified atom stereocenters. The first-order chi connectivity index (χ1) is 11.2. The molecule has 0 rings (SSSR count). The highest BCUT2D eigenvalue weighted by Crippen LogP contribution is 2.02. The van der Waals surface area contributed by atoms with Crippen molar-refractivity contribution in [2.45, 2.75) is 91.9 Å². The van der Waals surface area contributed by atoms with Crippen LogP contribution < -0.4 is 5.32 Å². The summed E-state index contributed by atoms with van der Waals surface area (Å²) in [6.07, 6.45) is 12.6. The lowest BCUT2D eigenvalue weighted by molar-refractivity contribution is 0.558. The molecule has 0 aromatic carbocycles. The molecule has 0 aliphatic heterocycles. The summed E-state index contributed by atoms with van der Waals surface area (Å²) in [5, 5.41) is 3.57. The van der Waals surface area contributed by atoms with Crippen LogP contribution in [-0.4, -0.2) is 37.6 Å². The zero-order valence-corrected chi connectivity index (χ0v) is 16.3. The molecule has 0 aromatic heterocycles. The van der Waals surface area contributed by atoms with Crippen molar-refractivity contribution in [2.24, 2.45) is 9.98 Å². The summed E-state index contributed by atoms with van der Waals surface area (Å²) in [5.74, 6) is 0. The van der Waals surface area contributed by atoms with Gasteiger partial charge in [0.15, 0.2) is 0 Å². The highest BCUT2D eigenvalue weighted by Gasteiger charge is 1.93. The lowest BCUT2D eigenvalue weighted by Crippen LogP contribution is -2.16. The Bertz CT molecular complexity index is 278.